The van der Waals surface area contributed by atoms with E-state index in [1.54, 1.807) is 4.08 Å². The van der Waals surface area contributed by atoms with Crippen LogP contribution in [0.5, 0.6) is 0 Å². The SMILES string of the molecule is C[C@@H](CCC/C=C/[C@@H]1C[C@H]2C[C@@H]1C(=O)O2)OC(=O)/C=C/I. The second-order valence-corrected chi connectivity index (χ2v) is 6.42. The molecule has 2 bridgehead atoms. The lowest BCUT2D eigenvalue weighted by atomic mass is 9.95. The molecule has 0 aromatic heterocycles. The summed E-state index contributed by atoms with van der Waals surface area (Å²) in [5.74, 6) is 0.143. The third kappa shape index (κ3) is 4.83. The maximum atomic E-state index is 11.5. The van der Waals surface area contributed by atoms with Crippen LogP contribution in [0, 0.1) is 11.8 Å². The Bertz CT molecular complexity index is 444. The molecule has 1 saturated heterocycles. The average Bonchev–Trinajstić information content (AvgIpc) is 2.97. The van der Waals surface area contributed by atoms with Crippen molar-refractivity contribution in [3.8, 4) is 0 Å². The van der Waals surface area contributed by atoms with E-state index in [2.05, 4.69) is 12.2 Å². The molecule has 0 unspecified atom stereocenters. The molecule has 4 atom stereocenters. The molecule has 0 aromatic carbocycles. The zero-order valence-corrected chi connectivity index (χ0v) is 14.3. The van der Waals surface area contributed by atoms with E-state index < -0.39 is 0 Å². The van der Waals surface area contributed by atoms with Crippen LogP contribution in [-0.4, -0.2) is 24.1 Å². The standard InChI is InChI=1S/C16H21IO4/c1-11(20-15(18)7-8-17)5-3-2-4-6-12-9-13-10-14(12)16(19)21-13/h4,6-8,11-14H,2-3,5,9-10H2,1H3/b6-4+,8-7+/t11-,12+,13-,14-/m0/s1. The molecule has 0 spiro atoms. The Hall–Kier alpha value is -0.850. The van der Waals surface area contributed by atoms with Gasteiger partial charge in [0.2, 0.25) is 0 Å². The molecule has 2 aliphatic rings. The lowest BCUT2D eigenvalue weighted by molar-refractivity contribution is -0.149. The largest absolute Gasteiger partial charge is 0.462 e. The van der Waals surface area contributed by atoms with Crippen LogP contribution in [0.15, 0.2) is 22.3 Å². The summed E-state index contributed by atoms with van der Waals surface area (Å²) in [7, 11) is 0. The monoisotopic (exact) mass is 404 g/mol. The van der Waals surface area contributed by atoms with Crippen molar-refractivity contribution >= 4 is 34.5 Å². The molecule has 116 valence electrons. The number of halogens is 1. The van der Waals surface area contributed by atoms with E-state index in [0.29, 0.717) is 5.92 Å². The highest BCUT2D eigenvalue weighted by molar-refractivity contribution is 14.1. The van der Waals surface area contributed by atoms with Gasteiger partial charge in [-0.2, -0.15) is 0 Å². The number of fused-ring (bicyclic) bond motifs is 2. The van der Waals surface area contributed by atoms with Crippen LogP contribution >= 0.6 is 22.6 Å². The minimum Gasteiger partial charge on any atom is -0.462 e. The van der Waals surface area contributed by atoms with Crippen molar-refractivity contribution in [2.45, 2.75) is 51.2 Å². The highest BCUT2D eigenvalue weighted by Crippen LogP contribution is 2.41. The van der Waals surface area contributed by atoms with Gasteiger partial charge in [-0.1, -0.05) is 34.7 Å². The summed E-state index contributed by atoms with van der Waals surface area (Å²) in [6.07, 6.45) is 10.5. The summed E-state index contributed by atoms with van der Waals surface area (Å²) < 4.78 is 12.0. The van der Waals surface area contributed by atoms with Gasteiger partial charge in [-0.25, -0.2) is 4.79 Å². The minimum atomic E-state index is -0.284. The molecule has 2 rings (SSSR count). The number of hydrogen-bond acceptors (Lipinski definition) is 4. The molecule has 2 fully saturated rings. The van der Waals surface area contributed by atoms with Gasteiger partial charge in [-0.05, 0) is 49.0 Å². The molecule has 1 aliphatic carbocycles. The van der Waals surface area contributed by atoms with Gasteiger partial charge in [0.25, 0.3) is 0 Å². The van der Waals surface area contributed by atoms with Crippen molar-refractivity contribution in [3.63, 3.8) is 0 Å². The van der Waals surface area contributed by atoms with Gasteiger partial charge in [-0.15, -0.1) is 0 Å². The molecular weight excluding hydrogens is 383 g/mol. The molecule has 0 amide bonds. The maximum Gasteiger partial charge on any atom is 0.331 e. The fourth-order valence-electron chi connectivity index (χ4n) is 3.00. The second-order valence-electron chi connectivity index (χ2n) is 5.70. The number of carbonyl (C=O) groups is 2. The first kappa shape index (κ1) is 16.5. The summed E-state index contributed by atoms with van der Waals surface area (Å²) >= 11 is 1.99. The quantitative estimate of drug-likeness (QED) is 0.214. The number of esters is 2. The van der Waals surface area contributed by atoms with Gasteiger partial charge in [0, 0.05) is 6.08 Å². The lowest BCUT2D eigenvalue weighted by Gasteiger charge is -2.17. The summed E-state index contributed by atoms with van der Waals surface area (Å²) in [6, 6.07) is 0. The van der Waals surface area contributed by atoms with E-state index in [1.807, 2.05) is 29.5 Å². The van der Waals surface area contributed by atoms with Crippen LogP contribution in [0.4, 0.5) is 0 Å². The van der Waals surface area contributed by atoms with Crippen LogP contribution in [0.2, 0.25) is 0 Å². The zero-order chi connectivity index (χ0) is 15.2. The normalized spacial score (nSPS) is 29.2. The highest BCUT2D eigenvalue weighted by Gasteiger charge is 2.46. The van der Waals surface area contributed by atoms with E-state index >= 15 is 0 Å². The van der Waals surface area contributed by atoms with E-state index in [4.69, 9.17) is 9.47 Å². The molecule has 21 heavy (non-hydrogen) atoms. The van der Waals surface area contributed by atoms with Crippen molar-refractivity contribution in [2.24, 2.45) is 11.8 Å². The zero-order valence-electron chi connectivity index (χ0n) is 12.2. The molecule has 1 heterocycles. The molecule has 1 saturated carbocycles. The molecule has 4 nitrogen and oxygen atoms in total. The molecule has 0 aromatic rings. The Kier molecular flexibility index (Phi) is 6.26. The van der Waals surface area contributed by atoms with Crippen molar-refractivity contribution < 1.29 is 19.1 Å². The maximum absolute atomic E-state index is 11.5. The van der Waals surface area contributed by atoms with Gasteiger partial charge in [-0.3, -0.25) is 4.79 Å². The van der Waals surface area contributed by atoms with Crippen LogP contribution in [0.25, 0.3) is 0 Å². The Morgan fingerprint density at radius 1 is 1.52 bits per heavy atom. The predicted molar refractivity (Wildman–Crippen MR) is 87.8 cm³/mol. The Morgan fingerprint density at radius 3 is 3.00 bits per heavy atom. The fraction of sp³-hybridized carbons (Fsp3) is 0.625. The number of ether oxygens (including phenoxy) is 2. The Balaban J connectivity index is 1.60. The van der Waals surface area contributed by atoms with Gasteiger partial charge in [0.15, 0.2) is 0 Å². The number of allylic oxidation sites excluding steroid dienone is 2. The van der Waals surface area contributed by atoms with Crippen molar-refractivity contribution in [1.29, 1.82) is 0 Å². The number of hydrogen-bond donors (Lipinski definition) is 0. The Labute approximate surface area is 139 Å². The summed E-state index contributed by atoms with van der Waals surface area (Å²) in [6.45, 7) is 1.91. The smallest absolute Gasteiger partial charge is 0.331 e. The number of unbranched alkanes of at least 4 members (excludes halogenated alkanes) is 1. The van der Waals surface area contributed by atoms with Crippen molar-refractivity contribution in [2.75, 3.05) is 0 Å². The fourth-order valence-corrected chi connectivity index (χ4v) is 3.29. The minimum absolute atomic E-state index is 0.0234. The highest BCUT2D eigenvalue weighted by atomic mass is 127. The topological polar surface area (TPSA) is 52.6 Å². The molecule has 1 aliphatic heterocycles. The summed E-state index contributed by atoms with van der Waals surface area (Å²) in [5.41, 5.74) is 0. The van der Waals surface area contributed by atoms with Gasteiger partial charge < -0.3 is 9.47 Å². The molecule has 0 radical (unpaired) electrons. The Morgan fingerprint density at radius 2 is 2.33 bits per heavy atom. The number of carbonyl (C=O) groups excluding carboxylic acids is 2. The first-order valence-corrected chi connectivity index (χ1v) is 8.69. The van der Waals surface area contributed by atoms with Crippen LogP contribution in [-0.2, 0) is 19.1 Å². The second kappa shape index (κ2) is 7.96. The first-order chi connectivity index (χ1) is 10.1. The van der Waals surface area contributed by atoms with E-state index in [0.717, 1.165) is 32.1 Å². The molecular formula is C16H21IO4. The first-order valence-electron chi connectivity index (χ1n) is 7.44. The van der Waals surface area contributed by atoms with Gasteiger partial charge in [0.1, 0.15) is 6.10 Å². The van der Waals surface area contributed by atoms with E-state index in [1.165, 1.54) is 6.08 Å². The van der Waals surface area contributed by atoms with E-state index in [9.17, 15) is 9.59 Å². The van der Waals surface area contributed by atoms with Crippen LogP contribution < -0.4 is 0 Å². The van der Waals surface area contributed by atoms with Crippen LogP contribution in [0.1, 0.15) is 39.0 Å². The van der Waals surface area contributed by atoms with E-state index in [-0.39, 0.29) is 30.1 Å². The third-order valence-corrected chi connectivity index (χ3v) is 4.39. The predicted octanol–water partition coefficient (Wildman–Crippen LogP) is 3.54. The summed E-state index contributed by atoms with van der Waals surface area (Å²) in [4.78, 5) is 22.7. The number of rotatable bonds is 7. The van der Waals surface area contributed by atoms with Gasteiger partial charge in [0.05, 0.1) is 12.0 Å². The third-order valence-electron chi connectivity index (χ3n) is 4.04. The average molecular weight is 404 g/mol. The van der Waals surface area contributed by atoms with Gasteiger partial charge >= 0.3 is 11.9 Å². The van der Waals surface area contributed by atoms with Crippen molar-refractivity contribution in [3.05, 3.63) is 22.3 Å². The molecule has 5 heteroatoms. The lowest BCUT2D eigenvalue weighted by Crippen LogP contribution is -2.21. The van der Waals surface area contributed by atoms with Crippen molar-refractivity contribution in [1.82, 2.24) is 0 Å². The molecule has 0 N–H and O–H groups in total. The van der Waals surface area contributed by atoms with Crippen LogP contribution in [0.3, 0.4) is 0 Å². The summed E-state index contributed by atoms with van der Waals surface area (Å²) in [5, 5.41) is 0.